The number of hydrogen-bond acceptors (Lipinski definition) is 4. The third kappa shape index (κ3) is 2.84. The average Bonchev–Trinajstić information content (AvgIpc) is 3.34. The predicted molar refractivity (Wildman–Crippen MR) is 102 cm³/mol. The first kappa shape index (κ1) is 17.2. The van der Waals surface area contributed by atoms with E-state index in [1.807, 2.05) is 34.8 Å². The van der Waals surface area contributed by atoms with E-state index in [4.69, 9.17) is 0 Å². The lowest BCUT2D eigenvalue weighted by molar-refractivity contribution is 0.0936. The summed E-state index contributed by atoms with van der Waals surface area (Å²) >= 11 is 0. The Morgan fingerprint density at radius 3 is 2.70 bits per heavy atom. The summed E-state index contributed by atoms with van der Waals surface area (Å²) in [6.45, 7) is 1.21. The van der Waals surface area contributed by atoms with Crippen molar-refractivity contribution in [2.45, 2.75) is 12.5 Å². The van der Waals surface area contributed by atoms with E-state index < -0.39 is 0 Å². The van der Waals surface area contributed by atoms with E-state index in [0.717, 1.165) is 22.0 Å². The minimum absolute atomic E-state index is 0.0527. The van der Waals surface area contributed by atoms with E-state index in [2.05, 4.69) is 10.3 Å². The first-order valence-corrected chi connectivity index (χ1v) is 8.82. The van der Waals surface area contributed by atoms with E-state index in [1.54, 1.807) is 7.05 Å². The normalized spacial score (nSPS) is 17.0. The summed E-state index contributed by atoms with van der Waals surface area (Å²) in [5, 5.41) is 3.03. The van der Waals surface area contributed by atoms with Gasteiger partial charge in [0.05, 0.1) is 11.0 Å². The topological polar surface area (TPSA) is 97.1 Å². The highest BCUT2D eigenvalue weighted by Gasteiger charge is 2.27. The Morgan fingerprint density at radius 2 is 1.96 bits per heavy atom. The van der Waals surface area contributed by atoms with Gasteiger partial charge in [-0.05, 0) is 18.6 Å². The fourth-order valence-corrected chi connectivity index (χ4v) is 3.64. The second-order valence-electron chi connectivity index (χ2n) is 7.06. The molecule has 4 heterocycles. The zero-order valence-electron chi connectivity index (χ0n) is 15.5. The third-order valence-electron chi connectivity index (χ3n) is 5.26. The van der Waals surface area contributed by atoms with Crippen LogP contribution in [0.1, 0.15) is 16.9 Å². The van der Waals surface area contributed by atoms with Crippen LogP contribution >= 0.6 is 0 Å². The molecule has 0 aromatic carbocycles. The first-order chi connectivity index (χ1) is 12.8. The Hall–Kier alpha value is -3.23. The minimum Gasteiger partial charge on any atom is -0.356 e. The largest absolute Gasteiger partial charge is 0.356 e. The summed E-state index contributed by atoms with van der Waals surface area (Å²) in [4.78, 5) is 41.7. The zero-order chi connectivity index (χ0) is 19.3. The van der Waals surface area contributed by atoms with Gasteiger partial charge in [-0.15, -0.1) is 0 Å². The lowest BCUT2D eigenvalue weighted by atomic mass is 10.2. The number of carbonyl (C=O) groups excluding carboxylic acids is 1. The van der Waals surface area contributed by atoms with Crippen LogP contribution in [0.5, 0.6) is 0 Å². The highest BCUT2D eigenvalue weighted by molar-refractivity contribution is 5.97. The van der Waals surface area contributed by atoms with E-state index in [0.29, 0.717) is 24.6 Å². The number of carbonyl (C=O) groups is 1. The maximum atomic E-state index is 12.6. The molecule has 4 rings (SSSR count). The molecule has 0 spiro atoms. The molecule has 1 atom stereocenters. The summed E-state index contributed by atoms with van der Waals surface area (Å²) in [6, 6.07) is 5.17. The molecule has 142 valence electrons. The number of nitrogens with one attached hydrogen (secondary N) is 2. The lowest BCUT2D eigenvalue weighted by Gasteiger charge is -2.21. The second kappa shape index (κ2) is 6.19. The van der Waals surface area contributed by atoms with Gasteiger partial charge < -0.3 is 19.8 Å². The van der Waals surface area contributed by atoms with E-state index in [-0.39, 0.29) is 23.2 Å². The molecule has 0 saturated carbocycles. The van der Waals surface area contributed by atoms with Crippen molar-refractivity contribution in [1.29, 1.82) is 0 Å². The molecule has 1 aliphatic heterocycles. The molecule has 9 heteroatoms. The van der Waals surface area contributed by atoms with Crippen molar-refractivity contribution in [2.24, 2.45) is 21.1 Å². The molecule has 27 heavy (non-hydrogen) atoms. The fourth-order valence-electron chi connectivity index (χ4n) is 3.64. The molecule has 1 amide bonds. The molecule has 3 aromatic rings. The van der Waals surface area contributed by atoms with Crippen LogP contribution in [0.4, 0.5) is 5.82 Å². The summed E-state index contributed by atoms with van der Waals surface area (Å²) in [7, 11) is 5.04. The Morgan fingerprint density at radius 1 is 1.19 bits per heavy atom. The van der Waals surface area contributed by atoms with Gasteiger partial charge in [0.15, 0.2) is 0 Å². The number of rotatable bonds is 3. The standard InChI is InChI=1S/C18H22N6O3/c1-21-6-5-12-14(21)8-13(20-12)17(26)19-11-4-7-24(10-11)15-9-16(25)23(3)18(27)22(15)2/h5-6,8-9,11,20H,4,7,10H2,1-3H3,(H,19,26)/t11-/m1/s1. The van der Waals surface area contributed by atoms with Crippen LogP contribution in [-0.4, -0.2) is 43.7 Å². The molecule has 2 N–H and O–H groups in total. The van der Waals surface area contributed by atoms with Gasteiger partial charge in [0.25, 0.3) is 11.5 Å². The molecule has 1 saturated heterocycles. The molecule has 0 radical (unpaired) electrons. The van der Waals surface area contributed by atoms with Crippen molar-refractivity contribution in [1.82, 2.24) is 24.0 Å². The zero-order valence-corrected chi connectivity index (χ0v) is 15.5. The quantitative estimate of drug-likeness (QED) is 0.674. The van der Waals surface area contributed by atoms with Crippen LogP contribution < -0.4 is 21.5 Å². The van der Waals surface area contributed by atoms with Crippen molar-refractivity contribution in [3.8, 4) is 0 Å². The van der Waals surface area contributed by atoms with Crippen LogP contribution in [0.3, 0.4) is 0 Å². The Bertz CT molecular complexity index is 1150. The van der Waals surface area contributed by atoms with Crippen LogP contribution in [0.15, 0.2) is 34.0 Å². The number of aromatic amines is 1. The third-order valence-corrected chi connectivity index (χ3v) is 5.26. The number of aromatic nitrogens is 4. The van der Waals surface area contributed by atoms with Crippen molar-refractivity contribution >= 4 is 22.8 Å². The van der Waals surface area contributed by atoms with Gasteiger partial charge in [-0.25, -0.2) is 4.79 Å². The first-order valence-electron chi connectivity index (χ1n) is 8.82. The van der Waals surface area contributed by atoms with Crippen molar-refractivity contribution in [3.05, 3.63) is 50.9 Å². The van der Waals surface area contributed by atoms with Crippen LogP contribution in [-0.2, 0) is 21.1 Å². The summed E-state index contributed by atoms with van der Waals surface area (Å²) < 4.78 is 4.49. The van der Waals surface area contributed by atoms with E-state index >= 15 is 0 Å². The molecule has 9 nitrogen and oxygen atoms in total. The van der Waals surface area contributed by atoms with Gasteiger partial charge in [-0.1, -0.05) is 0 Å². The second-order valence-corrected chi connectivity index (χ2v) is 7.06. The number of amides is 1. The smallest absolute Gasteiger partial charge is 0.332 e. The van der Waals surface area contributed by atoms with Crippen LogP contribution in [0, 0.1) is 0 Å². The van der Waals surface area contributed by atoms with Gasteiger partial charge in [0, 0.05) is 52.5 Å². The molecular weight excluding hydrogens is 348 g/mol. The fraction of sp³-hybridized carbons (Fsp3) is 0.389. The minimum atomic E-state index is -0.358. The molecule has 3 aromatic heterocycles. The van der Waals surface area contributed by atoms with E-state index in [9.17, 15) is 14.4 Å². The van der Waals surface area contributed by atoms with Gasteiger partial charge >= 0.3 is 5.69 Å². The molecule has 0 bridgehead atoms. The highest BCUT2D eigenvalue weighted by atomic mass is 16.2. The number of anilines is 1. The van der Waals surface area contributed by atoms with Gasteiger partial charge in [-0.2, -0.15) is 0 Å². The van der Waals surface area contributed by atoms with E-state index in [1.165, 1.54) is 17.7 Å². The maximum Gasteiger partial charge on any atom is 0.332 e. The summed E-state index contributed by atoms with van der Waals surface area (Å²) in [5.74, 6) is 0.418. The number of fused-ring (bicyclic) bond motifs is 1. The number of nitrogens with zero attached hydrogens (tertiary/aromatic N) is 4. The lowest BCUT2D eigenvalue weighted by Crippen LogP contribution is -2.41. The number of H-pyrrole nitrogens is 1. The monoisotopic (exact) mass is 370 g/mol. The van der Waals surface area contributed by atoms with Crippen LogP contribution in [0.25, 0.3) is 11.0 Å². The van der Waals surface area contributed by atoms with Crippen LogP contribution in [0.2, 0.25) is 0 Å². The SMILES string of the molecule is Cn1c(N2CC[C@@H](NC(=O)c3cc4c(ccn4C)[nH]3)C2)cc(=O)n(C)c1=O. The molecule has 0 unspecified atom stereocenters. The van der Waals surface area contributed by atoms with Crippen molar-refractivity contribution < 1.29 is 4.79 Å². The molecule has 1 fully saturated rings. The highest BCUT2D eigenvalue weighted by Crippen LogP contribution is 2.19. The predicted octanol–water partition coefficient (Wildman–Crippen LogP) is -0.0875. The Balaban J connectivity index is 1.49. The van der Waals surface area contributed by atoms with Gasteiger partial charge in [0.2, 0.25) is 0 Å². The molecule has 0 aliphatic carbocycles. The molecular formula is C18H22N6O3. The van der Waals surface area contributed by atoms with Crippen molar-refractivity contribution in [2.75, 3.05) is 18.0 Å². The Labute approximate surface area is 154 Å². The maximum absolute atomic E-state index is 12.6. The number of hydrogen-bond donors (Lipinski definition) is 2. The van der Waals surface area contributed by atoms with Gasteiger partial charge in [-0.3, -0.25) is 18.7 Å². The van der Waals surface area contributed by atoms with Gasteiger partial charge in [0.1, 0.15) is 11.5 Å². The van der Waals surface area contributed by atoms with Crippen molar-refractivity contribution in [3.63, 3.8) is 0 Å². The average molecular weight is 370 g/mol. The number of aryl methyl sites for hydroxylation is 1. The summed E-state index contributed by atoms with van der Waals surface area (Å²) in [6.07, 6.45) is 2.68. The Kier molecular flexibility index (Phi) is 3.94. The summed E-state index contributed by atoms with van der Waals surface area (Å²) in [5.41, 5.74) is 1.73. The molecule has 1 aliphatic rings.